The van der Waals surface area contributed by atoms with E-state index in [4.69, 9.17) is 4.52 Å². The van der Waals surface area contributed by atoms with Gasteiger partial charge in [0.1, 0.15) is 5.69 Å². The molecule has 1 atom stereocenters. The highest BCUT2D eigenvalue weighted by molar-refractivity contribution is 7.93. The summed E-state index contributed by atoms with van der Waals surface area (Å²) in [6.07, 6.45) is 0.0668. The van der Waals surface area contributed by atoms with Gasteiger partial charge in [0.15, 0.2) is 10.7 Å². The molecule has 23 heavy (non-hydrogen) atoms. The zero-order valence-electron chi connectivity index (χ0n) is 13.0. The van der Waals surface area contributed by atoms with Crippen LogP contribution < -0.4 is 9.62 Å². The van der Waals surface area contributed by atoms with Gasteiger partial charge in [0.25, 0.3) is 10.0 Å². The summed E-state index contributed by atoms with van der Waals surface area (Å²) in [6, 6.07) is 6.31. The van der Waals surface area contributed by atoms with E-state index in [1.807, 2.05) is 0 Å². The molecule has 0 saturated carbocycles. The van der Waals surface area contributed by atoms with Crippen LogP contribution in [0.1, 0.15) is 24.8 Å². The molecule has 0 spiro atoms. The lowest BCUT2D eigenvalue weighted by Gasteiger charge is -2.28. The molecule has 0 aliphatic carbocycles. The lowest BCUT2D eigenvalue weighted by molar-refractivity contribution is -0.116. The topological polar surface area (TPSA) is 92.5 Å². The third-order valence-corrected chi connectivity index (χ3v) is 5.95. The first-order chi connectivity index (χ1) is 10.8. The van der Waals surface area contributed by atoms with E-state index < -0.39 is 16.1 Å². The van der Waals surface area contributed by atoms with E-state index in [1.54, 1.807) is 45.0 Å². The molecule has 0 saturated heterocycles. The standard InChI is InChI=1S/C15H17N3O4S/c1-9-8-14(19)16-12-6-4-5-7-13(12)18(9)23(20,21)15-10(2)17-22-11(15)3/h4-7,9H,8H2,1-3H3,(H,16,19)/t9-/m1/s1. The molecule has 1 aliphatic rings. The van der Waals surface area contributed by atoms with Crippen molar-refractivity contribution in [1.29, 1.82) is 0 Å². The summed E-state index contributed by atoms with van der Waals surface area (Å²) in [7, 11) is -3.90. The minimum absolute atomic E-state index is 0.0495. The molecule has 2 heterocycles. The van der Waals surface area contributed by atoms with Crippen molar-refractivity contribution in [2.24, 2.45) is 0 Å². The zero-order valence-corrected chi connectivity index (χ0v) is 13.8. The molecule has 0 fully saturated rings. The van der Waals surface area contributed by atoms with Gasteiger partial charge in [0.05, 0.1) is 17.4 Å². The number of benzene rings is 1. The number of para-hydroxylation sites is 2. The Kier molecular flexibility index (Phi) is 3.63. The van der Waals surface area contributed by atoms with Crippen molar-refractivity contribution in [2.75, 3.05) is 9.62 Å². The van der Waals surface area contributed by atoms with Crippen molar-refractivity contribution in [3.63, 3.8) is 0 Å². The van der Waals surface area contributed by atoms with E-state index in [1.165, 1.54) is 4.31 Å². The van der Waals surface area contributed by atoms with Crippen LogP contribution in [0.5, 0.6) is 0 Å². The van der Waals surface area contributed by atoms with Gasteiger partial charge in [-0.1, -0.05) is 17.3 Å². The fraction of sp³-hybridized carbons (Fsp3) is 0.333. The van der Waals surface area contributed by atoms with Crippen LogP contribution in [0.4, 0.5) is 11.4 Å². The number of carbonyl (C=O) groups is 1. The van der Waals surface area contributed by atoms with Gasteiger partial charge in [0, 0.05) is 6.42 Å². The first-order valence-electron chi connectivity index (χ1n) is 7.18. The fourth-order valence-electron chi connectivity index (χ4n) is 2.87. The van der Waals surface area contributed by atoms with Gasteiger partial charge in [-0.3, -0.25) is 9.10 Å². The molecule has 1 aromatic carbocycles. The van der Waals surface area contributed by atoms with Crippen molar-refractivity contribution >= 4 is 27.3 Å². The van der Waals surface area contributed by atoms with Crippen molar-refractivity contribution < 1.29 is 17.7 Å². The summed E-state index contributed by atoms with van der Waals surface area (Å²) in [5.41, 5.74) is 1.21. The fourth-order valence-corrected chi connectivity index (χ4v) is 4.84. The molecular weight excluding hydrogens is 318 g/mol. The van der Waals surface area contributed by atoms with Crippen LogP contribution in [0, 0.1) is 13.8 Å². The minimum Gasteiger partial charge on any atom is -0.360 e. The second kappa shape index (κ2) is 5.38. The Hall–Kier alpha value is -2.35. The number of aromatic nitrogens is 1. The lowest BCUT2D eigenvalue weighted by atomic mass is 10.2. The maximum Gasteiger partial charge on any atom is 0.270 e. The normalized spacial score (nSPS) is 18.3. The van der Waals surface area contributed by atoms with Crippen molar-refractivity contribution in [3.8, 4) is 0 Å². The van der Waals surface area contributed by atoms with Crippen LogP contribution in [-0.4, -0.2) is 25.5 Å². The van der Waals surface area contributed by atoms with E-state index in [0.717, 1.165) is 0 Å². The number of fused-ring (bicyclic) bond motifs is 1. The molecule has 1 N–H and O–H groups in total. The number of hydrogen-bond acceptors (Lipinski definition) is 5. The Balaban J connectivity index is 2.23. The van der Waals surface area contributed by atoms with Crippen molar-refractivity contribution in [1.82, 2.24) is 5.16 Å². The van der Waals surface area contributed by atoms with Crippen LogP contribution in [0.15, 0.2) is 33.7 Å². The van der Waals surface area contributed by atoms with Crippen molar-refractivity contribution in [3.05, 3.63) is 35.7 Å². The van der Waals surface area contributed by atoms with Gasteiger partial charge < -0.3 is 9.84 Å². The summed E-state index contributed by atoms with van der Waals surface area (Å²) < 4.78 is 32.7. The second-order valence-corrected chi connectivity index (χ2v) is 7.32. The molecule has 1 aromatic heterocycles. The van der Waals surface area contributed by atoms with E-state index in [0.29, 0.717) is 17.1 Å². The third kappa shape index (κ3) is 2.48. The Morgan fingerprint density at radius 2 is 2.00 bits per heavy atom. The molecule has 1 aliphatic heterocycles. The highest BCUT2D eigenvalue weighted by Crippen LogP contribution is 2.36. The SMILES string of the molecule is Cc1noc(C)c1S(=O)(=O)N1c2ccccc2NC(=O)C[C@H]1C. The Labute approximate surface area is 134 Å². The average Bonchev–Trinajstić information content (AvgIpc) is 2.73. The predicted molar refractivity (Wildman–Crippen MR) is 84.8 cm³/mol. The first-order valence-corrected chi connectivity index (χ1v) is 8.62. The molecule has 3 rings (SSSR count). The summed E-state index contributed by atoms with van der Waals surface area (Å²) in [5, 5.41) is 6.48. The number of nitrogens with zero attached hydrogens (tertiary/aromatic N) is 2. The van der Waals surface area contributed by atoms with Crippen LogP contribution in [-0.2, 0) is 14.8 Å². The molecular formula is C15H17N3O4S. The number of sulfonamides is 1. The Bertz CT molecular complexity index is 853. The monoisotopic (exact) mass is 335 g/mol. The average molecular weight is 335 g/mol. The maximum absolute atomic E-state index is 13.2. The summed E-state index contributed by atoms with van der Waals surface area (Å²) in [5.74, 6) is 0.0112. The molecule has 7 nitrogen and oxygen atoms in total. The Morgan fingerprint density at radius 3 is 2.65 bits per heavy atom. The van der Waals surface area contributed by atoms with Gasteiger partial charge in [-0.05, 0) is 32.9 Å². The molecule has 0 radical (unpaired) electrons. The summed E-state index contributed by atoms with van der Waals surface area (Å²) in [4.78, 5) is 12.0. The van der Waals surface area contributed by atoms with E-state index in [9.17, 15) is 13.2 Å². The largest absolute Gasteiger partial charge is 0.360 e. The highest BCUT2D eigenvalue weighted by atomic mass is 32.2. The molecule has 2 aromatic rings. The van der Waals surface area contributed by atoms with Crippen LogP contribution in [0.3, 0.4) is 0 Å². The molecule has 0 bridgehead atoms. The molecule has 8 heteroatoms. The smallest absolute Gasteiger partial charge is 0.270 e. The lowest BCUT2D eigenvalue weighted by Crippen LogP contribution is -2.39. The first kappa shape index (κ1) is 15.5. The number of rotatable bonds is 2. The number of amides is 1. The Morgan fingerprint density at radius 1 is 1.30 bits per heavy atom. The summed E-state index contributed by atoms with van der Waals surface area (Å²) in [6.45, 7) is 4.85. The molecule has 0 unspecified atom stereocenters. The molecule has 1 amide bonds. The van der Waals surface area contributed by atoms with Crippen LogP contribution in [0.25, 0.3) is 0 Å². The zero-order chi connectivity index (χ0) is 16.8. The molecule has 122 valence electrons. The second-order valence-electron chi connectivity index (χ2n) is 5.57. The van der Waals surface area contributed by atoms with Gasteiger partial charge in [-0.2, -0.15) is 0 Å². The van der Waals surface area contributed by atoms with Gasteiger partial charge >= 0.3 is 0 Å². The third-order valence-electron chi connectivity index (χ3n) is 3.78. The van der Waals surface area contributed by atoms with Gasteiger partial charge in [-0.15, -0.1) is 0 Å². The number of anilines is 2. The van der Waals surface area contributed by atoms with E-state index in [-0.39, 0.29) is 23.0 Å². The van der Waals surface area contributed by atoms with E-state index in [2.05, 4.69) is 10.5 Å². The van der Waals surface area contributed by atoms with Crippen LogP contribution in [0.2, 0.25) is 0 Å². The van der Waals surface area contributed by atoms with Gasteiger partial charge in [-0.25, -0.2) is 8.42 Å². The predicted octanol–water partition coefficient (Wildman–Crippen LogP) is 2.22. The number of nitrogens with one attached hydrogen (secondary N) is 1. The van der Waals surface area contributed by atoms with Crippen LogP contribution >= 0.6 is 0 Å². The number of aryl methyl sites for hydroxylation is 2. The van der Waals surface area contributed by atoms with Crippen molar-refractivity contribution in [2.45, 2.75) is 38.1 Å². The summed E-state index contributed by atoms with van der Waals surface area (Å²) >= 11 is 0. The number of carbonyl (C=O) groups excluding carboxylic acids is 1. The van der Waals surface area contributed by atoms with E-state index >= 15 is 0 Å². The highest BCUT2D eigenvalue weighted by Gasteiger charge is 2.37. The number of hydrogen-bond donors (Lipinski definition) is 1. The minimum atomic E-state index is -3.90. The maximum atomic E-state index is 13.2. The van der Waals surface area contributed by atoms with Gasteiger partial charge in [0.2, 0.25) is 5.91 Å². The quantitative estimate of drug-likeness (QED) is 0.908.